The Balaban J connectivity index is 1.91. The lowest BCUT2D eigenvalue weighted by Crippen LogP contribution is -2.43. The van der Waals surface area contributed by atoms with Crippen LogP contribution in [-0.4, -0.2) is 42.5 Å². The lowest BCUT2D eigenvalue weighted by Gasteiger charge is -2.17. The van der Waals surface area contributed by atoms with Crippen molar-refractivity contribution in [2.45, 2.75) is 44.4 Å². The van der Waals surface area contributed by atoms with Crippen molar-refractivity contribution in [1.29, 1.82) is 0 Å². The predicted octanol–water partition coefficient (Wildman–Crippen LogP) is 3.54. The van der Waals surface area contributed by atoms with Crippen molar-refractivity contribution < 1.29 is 4.79 Å². The van der Waals surface area contributed by atoms with E-state index in [1.165, 1.54) is 6.42 Å². The summed E-state index contributed by atoms with van der Waals surface area (Å²) in [6, 6.07) is 6.27. The smallest absolute Gasteiger partial charge is 0.246 e. The molecule has 138 valence electrons. The minimum atomic E-state index is -0.119. The van der Waals surface area contributed by atoms with Gasteiger partial charge in [0.05, 0.1) is 0 Å². The van der Waals surface area contributed by atoms with Crippen LogP contribution in [0.5, 0.6) is 0 Å². The van der Waals surface area contributed by atoms with Gasteiger partial charge in [0.2, 0.25) is 5.91 Å². The molecular formula is C18H27BrN4OS. The van der Waals surface area contributed by atoms with Gasteiger partial charge < -0.3 is 16.0 Å². The summed E-state index contributed by atoms with van der Waals surface area (Å²) in [6.45, 7) is 4.87. The second-order valence-corrected chi connectivity index (χ2v) is 8.27. The number of nitrogens with zero attached hydrogens (tertiary/aromatic N) is 1. The Hall–Kier alpha value is -1.21. The van der Waals surface area contributed by atoms with Crippen LogP contribution in [0.3, 0.4) is 0 Å². The molecule has 0 radical (unpaired) electrons. The second-order valence-electron chi connectivity index (χ2n) is 6.21. The maximum absolute atomic E-state index is 12.2. The minimum absolute atomic E-state index is 0.0972. The summed E-state index contributed by atoms with van der Waals surface area (Å²) in [6.07, 6.45) is 5.70. The molecule has 7 heteroatoms. The highest BCUT2D eigenvalue weighted by atomic mass is 79.9. The molecule has 5 nitrogen and oxygen atoms in total. The third-order valence-corrected chi connectivity index (χ3v) is 5.85. The van der Waals surface area contributed by atoms with Gasteiger partial charge >= 0.3 is 0 Å². The first-order chi connectivity index (χ1) is 12.0. The summed E-state index contributed by atoms with van der Waals surface area (Å²) in [5.41, 5.74) is 1.84. The summed E-state index contributed by atoms with van der Waals surface area (Å²) >= 11 is 5.36. The Bertz CT molecular complexity index is 623. The van der Waals surface area contributed by atoms with Crippen LogP contribution in [0.25, 0.3) is 0 Å². The van der Waals surface area contributed by atoms with Gasteiger partial charge in [-0.25, -0.2) is 4.99 Å². The molecule has 1 aromatic rings. The standard InChI is InChI=1S/C18H27BrN4OS/c1-4-20-18(22-14-7-8-15(10-14)25-3)21-11-17(24)23-16-9-13(19)6-5-12(16)2/h5-6,9,14-15H,4,7-8,10-11H2,1-3H3,(H,23,24)(H2,20,21,22). The van der Waals surface area contributed by atoms with Crippen LogP contribution in [0.1, 0.15) is 31.7 Å². The monoisotopic (exact) mass is 426 g/mol. The Morgan fingerprint density at radius 1 is 1.40 bits per heavy atom. The minimum Gasteiger partial charge on any atom is -0.357 e. The van der Waals surface area contributed by atoms with Crippen LogP contribution < -0.4 is 16.0 Å². The van der Waals surface area contributed by atoms with Gasteiger partial charge in [0, 0.05) is 28.0 Å². The fourth-order valence-corrected chi connectivity index (χ4v) is 4.03. The van der Waals surface area contributed by atoms with E-state index in [-0.39, 0.29) is 12.5 Å². The summed E-state index contributed by atoms with van der Waals surface area (Å²) < 4.78 is 0.941. The molecule has 0 bridgehead atoms. The van der Waals surface area contributed by atoms with Gasteiger partial charge in [-0.1, -0.05) is 22.0 Å². The van der Waals surface area contributed by atoms with E-state index in [2.05, 4.69) is 43.1 Å². The highest BCUT2D eigenvalue weighted by molar-refractivity contribution is 9.10. The summed E-state index contributed by atoms with van der Waals surface area (Å²) in [4.78, 5) is 16.7. The van der Waals surface area contributed by atoms with E-state index in [0.717, 1.165) is 46.3 Å². The third-order valence-electron chi connectivity index (χ3n) is 4.26. The number of benzene rings is 1. The van der Waals surface area contributed by atoms with Crippen molar-refractivity contribution in [2.75, 3.05) is 24.7 Å². The molecule has 1 aliphatic rings. The van der Waals surface area contributed by atoms with Crippen molar-refractivity contribution in [1.82, 2.24) is 10.6 Å². The lowest BCUT2D eigenvalue weighted by atomic mass is 10.2. The molecule has 1 aliphatic carbocycles. The molecule has 0 saturated heterocycles. The average molecular weight is 427 g/mol. The van der Waals surface area contributed by atoms with Crippen molar-refractivity contribution in [2.24, 2.45) is 4.99 Å². The molecule has 1 amide bonds. The van der Waals surface area contributed by atoms with Crippen molar-refractivity contribution in [3.8, 4) is 0 Å². The SMILES string of the molecule is CCNC(=NCC(=O)Nc1cc(Br)ccc1C)NC1CCC(SC)C1. The van der Waals surface area contributed by atoms with Gasteiger partial charge in [0.15, 0.2) is 5.96 Å². The number of anilines is 1. The quantitative estimate of drug-likeness (QED) is 0.480. The first kappa shape index (κ1) is 20.1. The van der Waals surface area contributed by atoms with Gasteiger partial charge in [0.25, 0.3) is 0 Å². The normalized spacial score (nSPS) is 20.4. The number of amides is 1. The zero-order valence-corrected chi connectivity index (χ0v) is 17.5. The maximum Gasteiger partial charge on any atom is 0.246 e. The number of halogens is 1. The predicted molar refractivity (Wildman–Crippen MR) is 112 cm³/mol. The Morgan fingerprint density at radius 3 is 2.88 bits per heavy atom. The van der Waals surface area contributed by atoms with E-state index in [9.17, 15) is 4.79 Å². The highest BCUT2D eigenvalue weighted by Crippen LogP contribution is 2.28. The van der Waals surface area contributed by atoms with E-state index in [0.29, 0.717) is 6.04 Å². The largest absolute Gasteiger partial charge is 0.357 e. The van der Waals surface area contributed by atoms with Crippen molar-refractivity contribution >= 4 is 45.2 Å². The number of aryl methyl sites for hydroxylation is 1. The van der Waals surface area contributed by atoms with E-state index in [1.807, 2.05) is 43.8 Å². The fourth-order valence-electron chi connectivity index (χ4n) is 2.87. The van der Waals surface area contributed by atoms with Crippen LogP contribution >= 0.6 is 27.7 Å². The molecular weight excluding hydrogens is 400 g/mol. The summed E-state index contributed by atoms with van der Waals surface area (Å²) in [7, 11) is 0. The molecule has 2 atom stereocenters. The molecule has 1 fully saturated rings. The highest BCUT2D eigenvalue weighted by Gasteiger charge is 2.24. The number of thioether (sulfide) groups is 1. The van der Waals surface area contributed by atoms with Crippen molar-refractivity contribution in [3.05, 3.63) is 28.2 Å². The fraction of sp³-hybridized carbons (Fsp3) is 0.556. The van der Waals surface area contributed by atoms with E-state index in [1.54, 1.807) is 0 Å². The molecule has 1 aromatic carbocycles. The van der Waals surface area contributed by atoms with E-state index >= 15 is 0 Å². The topological polar surface area (TPSA) is 65.5 Å². The van der Waals surface area contributed by atoms with E-state index in [4.69, 9.17) is 0 Å². The molecule has 0 spiro atoms. The summed E-state index contributed by atoms with van der Waals surface area (Å²) in [5.74, 6) is 0.599. The molecule has 25 heavy (non-hydrogen) atoms. The summed E-state index contributed by atoms with van der Waals surface area (Å²) in [5, 5.41) is 10.3. The Morgan fingerprint density at radius 2 is 2.20 bits per heavy atom. The second kappa shape index (κ2) is 10.1. The van der Waals surface area contributed by atoms with E-state index < -0.39 is 0 Å². The molecule has 0 aliphatic heterocycles. The first-order valence-corrected chi connectivity index (χ1v) is 10.7. The molecule has 2 unspecified atom stereocenters. The van der Waals surface area contributed by atoms with Crippen LogP contribution in [-0.2, 0) is 4.79 Å². The molecule has 1 saturated carbocycles. The van der Waals surface area contributed by atoms with Gasteiger partial charge in [-0.15, -0.1) is 0 Å². The number of hydrogen-bond acceptors (Lipinski definition) is 3. The number of nitrogens with one attached hydrogen (secondary N) is 3. The number of rotatable bonds is 6. The van der Waals surface area contributed by atoms with Crippen LogP contribution in [0, 0.1) is 6.92 Å². The number of carbonyl (C=O) groups is 1. The van der Waals surface area contributed by atoms with Gasteiger partial charge in [-0.2, -0.15) is 11.8 Å². The Labute approximate surface area is 163 Å². The van der Waals surface area contributed by atoms with Crippen LogP contribution in [0.15, 0.2) is 27.7 Å². The molecule has 0 heterocycles. The van der Waals surface area contributed by atoms with Crippen molar-refractivity contribution in [3.63, 3.8) is 0 Å². The van der Waals surface area contributed by atoms with Crippen LogP contribution in [0.4, 0.5) is 5.69 Å². The number of guanidine groups is 1. The number of hydrogen-bond donors (Lipinski definition) is 3. The van der Waals surface area contributed by atoms with Gasteiger partial charge in [-0.3, -0.25) is 4.79 Å². The number of aliphatic imine (C=N–C) groups is 1. The molecule has 0 aromatic heterocycles. The Kier molecular flexibility index (Phi) is 8.09. The first-order valence-electron chi connectivity index (χ1n) is 8.65. The van der Waals surface area contributed by atoms with Crippen LogP contribution in [0.2, 0.25) is 0 Å². The zero-order valence-electron chi connectivity index (χ0n) is 15.1. The van der Waals surface area contributed by atoms with Gasteiger partial charge in [-0.05, 0) is 57.1 Å². The number of carbonyl (C=O) groups excluding carboxylic acids is 1. The average Bonchev–Trinajstić information content (AvgIpc) is 3.04. The maximum atomic E-state index is 12.2. The molecule has 3 N–H and O–H groups in total. The molecule has 2 rings (SSSR count). The third kappa shape index (κ3) is 6.55. The van der Waals surface area contributed by atoms with Gasteiger partial charge in [0.1, 0.15) is 6.54 Å². The zero-order chi connectivity index (χ0) is 18.2. The lowest BCUT2D eigenvalue weighted by molar-refractivity contribution is -0.114.